The molecule has 0 radical (unpaired) electrons. The fourth-order valence-corrected chi connectivity index (χ4v) is 4.66. The molecular formula is C32H40BBrF2N4O4. The number of rotatable bonds is 6. The van der Waals surface area contributed by atoms with Crippen LogP contribution in [0.15, 0.2) is 53.3 Å². The van der Waals surface area contributed by atoms with E-state index in [2.05, 4.69) is 25.9 Å². The first-order valence-corrected chi connectivity index (χ1v) is 14.6. The van der Waals surface area contributed by atoms with Gasteiger partial charge in [0.15, 0.2) is 0 Å². The molecule has 12 heteroatoms. The van der Waals surface area contributed by atoms with Gasteiger partial charge >= 0.3 is 7.12 Å². The lowest BCUT2D eigenvalue weighted by atomic mass is 9.81. The average molecular weight is 673 g/mol. The van der Waals surface area contributed by atoms with Crippen LogP contribution in [0, 0.1) is 25.5 Å². The second-order valence-corrected chi connectivity index (χ2v) is 11.4. The Morgan fingerprint density at radius 1 is 0.773 bits per heavy atom. The van der Waals surface area contributed by atoms with Crippen LogP contribution in [0.2, 0.25) is 0 Å². The van der Waals surface area contributed by atoms with Gasteiger partial charge in [-0.05, 0) is 93.6 Å². The lowest BCUT2D eigenvalue weighted by Gasteiger charge is -2.17. The van der Waals surface area contributed by atoms with Crippen LogP contribution in [-0.4, -0.2) is 41.4 Å². The molecule has 2 aromatic heterocycles. The van der Waals surface area contributed by atoms with E-state index < -0.39 is 7.12 Å². The van der Waals surface area contributed by atoms with E-state index in [1.807, 2.05) is 33.8 Å². The number of hydrogen-bond acceptors (Lipinski definition) is 8. The predicted molar refractivity (Wildman–Crippen MR) is 177 cm³/mol. The number of benzene rings is 2. The Labute approximate surface area is 266 Å². The van der Waals surface area contributed by atoms with Crippen molar-refractivity contribution in [1.29, 1.82) is 0 Å². The molecular weight excluding hydrogens is 633 g/mol. The summed E-state index contributed by atoms with van der Waals surface area (Å²) in [6.45, 7) is 11.4. The minimum absolute atomic E-state index is 0.160. The number of halogens is 3. The third-order valence-electron chi connectivity index (χ3n) is 6.86. The van der Waals surface area contributed by atoms with Gasteiger partial charge in [-0.3, -0.25) is 0 Å². The van der Waals surface area contributed by atoms with Crippen molar-refractivity contribution in [1.82, 2.24) is 9.97 Å². The van der Waals surface area contributed by atoms with Gasteiger partial charge in [0.1, 0.15) is 11.6 Å². The van der Waals surface area contributed by atoms with Gasteiger partial charge in [-0.1, -0.05) is 27.7 Å². The third-order valence-corrected chi connectivity index (χ3v) is 7.88. The molecule has 4 rings (SSSR count). The van der Waals surface area contributed by atoms with Crippen molar-refractivity contribution in [2.75, 3.05) is 25.7 Å². The number of methoxy groups -OCH3 is 2. The summed E-state index contributed by atoms with van der Waals surface area (Å²) in [5, 5.41) is 17.4. The van der Waals surface area contributed by atoms with Gasteiger partial charge in [-0.25, -0.2) is 18.7 Å². The average Bonchev–Trinajstić information content (AvgIpc) is 3.00. The lowest BCUT2D eigenvalue weighted by molar-refractivity contribution is 0.396. The maximum atomic E-state index is 14.1. The number of nitrogens with zero attached hydrogens (tertiary/aromatic N) is 2. The summed E-state index contributed by atoms with van der Waals surface area (Å²) in [4.78, 5) is 7.86. The molecule has 6 N–H and O–H groups in total. The molecule has 44 heavy (non-hydrogen) atoms. The van der Waals surface area contributed by atoms with E-state index in [-0.39, 0.29) is 23.5 Å². The molecule has 0 aliphatic heterocycles. The number of nitrogen functional groups attached to an aromatic ring is 2. The zero-order valence-electron chi connectivity index (χ0n) is 26.2. The topological polar surface area (TPSA) is 137 Å². The van der Waals surface area contributed by atoms with Crippen molar-refractivity contribution in [3.63, 3.8) is 0 Å². The van der Waals surface area contributed by atoms with Crippen LogP contribution in [0.1, 0.15) is 61.8 Å². The first-order chi connectivity index (χ1) is 20.6. The van der Waals surface area contributed by atoms with Gasteiger partial charge in [0, 0.05) is 51.5 Å². The van der Waals surface area contributed by atoms with Crippen LogP contribution in [0.5, 0.6) is 11.8 Å². The van der Waals surface area contributed by atoms with E-state index in [0.717, 1.165) is 22.3 Å². The van der Waals surface area contributed by atoms with E-state index in [0.29, 0.717) is 44.2 Å². The highest BCUT2D eigenvalue weighted by atomic mass is 79.9. The van der Waals surface area contributed by atoms with E-state index in [1.54, 1.807) is 33.2 Å². The highest BCUT2D eigenvalue weighted by molar-refractivity contribution is 9.10. The summed E-state index contributed by atoms with van der Waals surface area (Å²) < 4.78 is 38.0. The highest BCUT2D eigenvalue weighted by Crippen LogP contribution is 2.37. The lowest BCUT2D eigenvalue weighted by Crippen LogP contribution is -2.29. The zero-order valence-corrected chi connectivity index (χ0v) is 27.8. The standard InChI is InChI=1S/C16H19FN2O.C10H13BrFN.C6H8BNO3/c1-9(2)12-8-13(17)10(3)15(16(12)18)11-5-6-19-14(7-11)20-4;1-5(2)7-4-8(12)6(3)9(11)10(7)13;1-11-6-4-5(7(9)10)2-3-8-6/h5-9H,18H2,1-4H3;4-5H,13H2,1-3H3;2-4,9-10H,1H3. The van der Waals surface area contributed by atoms with Gasteiger partial charge in [0.05, 0.1) is 14.2 Å². The summed E-state index contributed by atoms with van der Waals surface area (Å²) in [5.41, 5.74) is 18.0. The Morgan fingerprint density at radius 3 is 1.75 bits per heavy atom. The molecule has 0 amide bonds. The number of nitrogens with two attached hydrogens (primary N) is 2. The maximum Gasteiger partial charge on any atom is 0.488 e. The molecule has 0 saturated heterocycles. The molecule has 0 aliphatic rings. The van der Waals surface area contributed by atoms with E-state index >= 15 is 0 Å². The molecule has 0 unspecified atom stereocenters. The van der Waals surface area contributed by atoms with E-state index in [1.165, 1.54) is 37.6 Å². The molecule has 236 valence electrons. The van der Waals surface area contributed by atoms with Crippen molar-refractivity contribution in [3.8, 4) is 22.9 Å². The SMILES string of the molecule is COc1cc(-c2c(C)c(F)cc(C(C)C)c2N)ccn1.COc1cc(B(O)O)ccn1.Cc1c(F)cc(C(C)C)c(N)c1Br. The van der Waals surface area contributed by atoms with Gasteiger partial charge < -0.3 is 31.0 Å². The van der Waals surface area contributed by atoms with E-state index in [9.17, 15) is 8.78 Å². The van der Waals surface area contributed by atoms with Crippen LogP contribution >= 0.6 is 15.9 Å². The summed E-state index contributed by atoms with van der Waals surface area (Å²) in [5.74, 6) is 0.810. The number of aromatic nitrogens is 2. The summed E-state index contributed by atoms with van der Waals surface area (Å²) in [6.07, 6.45) is 3.08. The van der Waals surface area contributed by atoms with Crippen LogP contribution in [0.4, 0.5) is 20.2 Å². The summed E-state index contributed by atoms with van der Waals surface area (Å²) in [6, 6.07) is 9.59. The molecule has 2 heterocycles. The Hall–Kier alpha value is -3.74. The molecule has 0 saturated carbocycles. The molecule has 0 atom stereocenters. The first kappa shape index (κ1) is 36.5. The number of anilines is 2. The van der Waals surface area contributed by atoms with Crippen molar-refractivity contribution in [3.05, 3.63) is 87.2 Å². The maximum absolute atomic E-state index is 14.1. The highest BCUT2D eigenvalue weighted by Gasteiger charge is 2.18. The Balaban J connectivity index is 0.000000244. The van der Waals surface area contributed by atoms with Gasteiger partial charge in [-0.15, -0.1) is 0 Å². The summed E-state index contributed by atoms with van der Waals surface area (Å²) >= 11 is 3.28. The zero-order chi connectivity index (χ0) is 33.3. The largest absolute Gasteiger partial charge is 0.488 e. The van der Waals surface area contributed by atoms with Crippen molar-refractivity contribution < 1.29 is 28.3 Å². The fourth-order valence-electron chi connectivity index (χ4n) is 4.25. The molecule has 4 aromatic rings. The number of hydrogen-bond donors (Lipinski definition) is 4. The Morgan fingerprint density at radius 2 is 1.25 bits per heavy atom. The second kappa shape index (κ2) is 16.4. The molecule has 0 fully saturated rings. The van der Waals surface area contributed by atoms with Crippen LogP contribution < -0.4 is 26.4 Å². The van der Waals surface area contributed by atoms with E-state index in [4.69, 9.17) is 31.0 Å². The normalized spacial score (nSPS) is 10.5. The minimum Gasteiger partial charge on any atom is -0.481 e. The van der Waals surface area contributed by atoms with Gasteiger partial charge in [-0.2, -0.15) is 0 Å². The quantitative estimate of drug-likeness (QED) is 0.139. The second-order valence-electron chi connectivity index (χ2n) is 10.6. The number of pyridine rings is 2. The minimum atomic E-state index is -1.47. The Bertz CT molecular complexity index is 1570. The first-order valence-electron chi connectivity index (χ1n) is 13.8. The molecule has 0 spiro atoms. The molecule has 8 nitrogen and oxygen atoms in total. The monoisotopic (exact) mass is 672 g/mol. The van der Waals surface area contributed by atoms with Gasteiger partial charge in [0.2, 0.25) is 11.8 Å². The van der Waals surface area contributed by atoms with Crippen molar-refractivity contribution in [2.24, 2.45) is 0 Å². The smallest absolute Gasteiger partial charge is 0.481 e. The molecule has 0 bridgehead atoms. The predicted octanol–water partition coefficient (Wildman–Crippen LogP) is 6.28. The van der Waals surface area contributed by atoms with Crippen molar-refractivity contribution in [2.45, 2.75) is 53.4 Å². The Kier molecular flexibility index (Phi) is 13.6. The molecule has 0 aliphatic carbocycles. The third kappa shape index (κ3) is 9.14. The molecule has 2 aromatic carbocycles. The summed E-state index contributed by atoms with van der Waals surface area (Å²) in [7, 11) is 1.55. The van der Waals surface area contributed by atoms with Crippen LogP contribution in [-0.2, 0) is 0 Å². The fraction of sp³-hybridized carbons (Fsp3) is 0.312. The van der Waals surface area contributed by atoms with Crippen LogP contribution in [0.3, 0.4) is 0 Å². The van der Waals surface area contributed by atoms with Crippen LogP contribution in [0.25, 0.3) is 11.1 Å². The number of ether oxygens (including phenoxy) is 2. The van der Waals surface area contributed by atoms with Gasteiger partial charge in [0.25, 0.3) is 0 Å². The van der Waals surface area contributed by atoms with Crippen molar-refractivity contribution >= 4 is 39.9 Å².